The molecule has 0 aromatic rings. The molecule has 0 spiro atoms. The highest BCUT2D eigenvalue weighted by Gasteiger charge is 2.44. The van der Waals surface area contributed by atoms with Crippen LogP contribution in [0, 0.1) is 5.41 Å². The van der Waals surface area contributed by atoms with Gasteiger partial charge in [0.2, 0.25) is 0 Å². The predicted octanol–water partition coefficient (Wildman–Crippen LogP) is 3.36. The minimum absolute atomic E-state index is 0.291. The lowest BCUT2D eigenvalue weighted by molar-refractivity contribution is -0.00160. The van der Waals surface area contributed by atoms with Gasteiger partial charge >= 0.3 is 6.09 Å². The molecular formula is C17H32F2N2O3S. The Kier molecular flexibility index (Phi) is 7.39. The summed E-state index contributed by atoms with van der Waals surface area (Å²) in [7, 11) is -1.49. The van der Waals surface area contributed by atoms with Crippen LogP contribution in [0.5, 0.6) is 0 Å². The molecule has 1 fully saturated rings. The van der Waals surface area contributed by atoms with Crippen molar-refractivity contribution in [2.24, 2.45) is 5.41 Å². The summed E-state index contributed by atoms with van der Waals surface area (Å²) < 4.78 is 47.3. The summed E-state index contributed by atoms with van der Waals surface area (Å²) in [5.74, 6) is 0. The summed E-state index contributed by atoms with van der Waals surface area (Å²) in [6, 6.07) is -0.849. The molecule has 2 atom stereocenters. The van der Waals surface area contributed by atoms with E-state index in [2.05, 4.69) is 4.72 Å². The molecule has 148 valence electrons. The van der Waals surface area contributed by atoms with Crippen LogP contribution in [0.4, 0.5) is 13.6 Å². The smallest absolute Gasteiger partial charge is 0.410 e. The van der Waals surface area contributed by atoms with Gasteiger partial charge < -0.3 is 9.64 Å². The first-order valence-electron chi connectivity index (χ1n) is 8.62. The van der Waals surface area contributed by atoms with Gasteiger partial charge in [0.05, 0.1) is 28.4 Å². The Balaban J connectivity index is 2.78. The van der Waals surface area contributed by atoms with Crippen molar-refractivity contribution in [1.82, 2.24) is 9.62 Å². The average molecular weight is 383 g/mol. The van der Waals surface area contributed by atoms with Gasteiger partial charge in [-0.2, -0.15) is 0 Å². The number of piperidine rings is 1. The van der Waals surface area contributed by atoms with Gasteiger partial charge in [0.15, 0.2) is 0 Å². The van der Waals surface area contributed by atoms with Gasteiger partial charge in [0, 0.05) is 18.5 Å². The molecule has 0 bridgehead atoms. The van der Waals surface area contributed by atoms with Crippen molar-refractivity contribution in [2.75, 3.05) is 26.4 Å². The Bertz CT molecular complexity index is 481. The van der Waals surface area contributed by atoms with Crippen LogP contribution < -0.4 is 4.72 Å². The lowest BCUT2D eigenvalue weighted by Crippen LogP contribution is -2.56. The lowest BCUT2D eigenvalue weighted by Gasteiger charge is -2.44. The number of nitrogens with one attached hydrogen (secondary N) is 1. The third kappa shape index (κ3) is 6.16. The van der Waals surface area contributed by atoms with Crippen molar-refractivity contribution in [1.29, 1.82) is 0 Å². The number of likely N-dealkylation sites (tertiary alicyclic amines) is 1. The molecule has 1 aliphatic heterocycles. The summed E-state index contributed by atoms with van der Waals surface area (Å²) >= 11 is 0. The first kappa shape index (κ1) is 22.3. The van der Waals surface area contributed by atoms with Gasteiger partial charge in [-0.25, -0.2) is 18.1 Å². The Labute approximate surface area is 152 Å². The lowest BCUT2D eigenvalue weighted by atomic mass is 9.74. The van der Waals surface area contributed by atoms with Crippen molar-refractivity contribution in [3.8, 4) is 0 Å². The number of alkyl halides is 2. The summed E-state index contributed by atoms with van der Waals surface area (Å²) in [6.45, 7) is 9.73. The average Bonchev–Trinajstić information content (AvgIpc) is 2.49. The largest absolute Gasteiger partial charge is 0.444 e. The van der Waals surface area contributed by atoms with Crippen molar-refractivity contribution in [2.45, 2.75) is 70.8 Å². The number of hydrogen-bond donors (Lipinski definition) is 1. The highest BCUT2D eigenvalue weighted by Crippen LogP contribution is 2.37. The Morgan fingerprint density at radius 3 is 2.08 bits per heavy atom. The number of halogens is 2. The second kappa shape index (κ2) is 8.29. The SMILES string of the molecule is CC(C)(C)OC(=O)N1CCC(CF)(C(CF)NS(=O)C(C)(C)C)CC1. The van der Waals surface area contributed by atoms with E-state index in [1.807, 2.05) is 0 Å². The third-order valence-corrected chi connectivity index (χ3v) is 5.99. The quantitative estimate of drug-likeness (QED) is 0.793. The fraction of sp³-hybridized carbons (Fsp3) is 0.941. The first-order chi connectivity index (χ1) is 11.3. The van der Waals surface area contributed by atoms with E-state index in [1.54, 1.807) is 41.5 Å². The van der Waals surface area contributed by atoms with Gasteiger partial charge in [-0.3, -0.25) is 4.39 Å². The minimum atomic E-state index is -1.49. The molecule has 0 aliphatic carbocycles. The number of hydrogen-bond acceptors (Lipinski definition) is 3. The Morgan fingerprint density at radius 1 is 1.20 bits per heavy atom. The molecule has 5 nitrogen and oxygen atoms in total. The molecule has 1 amide bonds. The van der Waals surface area contributed by atoms with Gasteiger partial charge in [-0.1, -0.05) is 0 Å². The standard InChI is InChI=1S/C17H32F2N2O3S/c1-15(2,3)24-14(22)21-9-7-17(12-19,8-10-21)13(11-18)20-25(23)16(4,5)6/h13,20H,7-12H2,1-6H3. The van der Waals surface area contributed by atoms with E-state index >= 15 is 0 Å². The van der Waals surface area contributed by atoms with E-state index in [0.717, 1.165) is 0 Å². The third-order valence-electron chi connectivity index (χ3n) is 4.38. The van der Waals surface area contributed by atoms with Crippen molar-refractivity contribution < 1.29 is 22.5 Å². The Hall–Kier alpha value is -0.760. The van der Waals surface area contributed by atoms with Gasteiger partial charge in [0.1, 0.15) is 12.3 Å². The molecular weight excluding hydrogens is 350 g/mol. The summed E-state index contributed by atoms with van der Waals surface area (Å²) in [5.41, 5.74) is -1.56. The van der Waals surface area contributed by atoms with Crippen molar-refractivity contribution in [3.05, 3.63) is 0 Å². The molecule has 25 heavy (non-hydrogen) atoms. The van der Waals surface area contributed by atoms with Crippen LogP contribution in [0.1, 0.15) is 54.4 Å². The normalized spacial score (nSPS) is 20.9. The molecule has 1 N–H and O–H groups in total. The van der Waals surface area contributed by atoms with E-state index in [-0.39, 0.29) is 0 Å². The maximum absolute atomic E-state index is 13.9. The number of nitrogens with zero attached hydrogens (tertiary/aromatic N) is 1. The second-order valence-corrected chi connectivity index (χ2v) is 10.7. The van der Waals surface area contributed by atoms with Crippen LogP contribution in [0.2, 0.25) is 0 Å². The number of amides is 1. The van der Waals surface area contributed by atoms with Crippen LogP contribution >= 0.6 is 0 Å². The number of carbonyl (C=O) groups excluding carboxylic acids is 1. The maximum Gasteiger partial charge on any atom is 0.410 e. The van der Waals surface area contributed by atoms with E-state index in [0.29, 0.717) is 25.9 Å². The zero-order valence-electron chi connectivity index (χ0n) is 16.2. The van der Waals surface area contributed by atoms with Crippen LogP contribution in [0.15, 0.2) is 0 Å². The molecule has 1 saturated heterocycles. The predicted molar refractivity (Wildman–Crippen MR) is 96.2 cm³/mol. The topological polar surface area (TPSA) is 58.6 Å². The van der Waals surface area contributed by atoms with E-state index in [1.165, 1.54) is 4.90 Å². The number of rotatable bonds is 5. The molecule has 1 heterocycles. The van der Waals surface area contributed by atoms with Gasteiger partial charge in [-0.15, -0.1) is 0 Å². The molecule has 0 saturated carbocycles. The zero-order chi connectivity index (χ0) is 19.5. The van der Waals surface area contributed by atoms with Gasteiger partial charge in [-0.05, 0) is 54.4 Å². The number of carbonyl (C=O) groups is 1. The van der Waals surface area contributed by atoms with E-state index < -0.39 is 52.2 Å². The molecule has 0 aromatic heterocycles. The molecule has 2 unspecified atom stereocenters. The second-order valence-electron chi connectivity index (χ2n) is 8.67. The van der Waals surface area contributed by atoms with Crippen LogP contribution in [-0.2, 0) is 15.7 Å². The van der Waals surface area contributed by atoms with Crippen LogP contribution in [-0.4, -0.2) is 58.0 Å². The maximum atomic E-state index is 13.9. The zero-order valence-corrected chi connectivity index (χ0v) is 17.0. The molecule has 1 rings (SSSR count). The van der Waals surface area contributed by atoms with Crippen LogP contribution in [0.3, 0.4) is 0 Å². The molecule has 8 heteroatoms. The summed E-state index contributed by atoms with van der Waals surface area (Å²) in [5, 5.41) is 0. The fourth-order valence-electron chi connectivity index (χ4n) is 2.66. The first-order valence-corrected chi connectivity index (χ1v) is 9.77. The van der Waals surface area contributed by atoms with Gasteiger partial charge in [0.25, 0.3) is 0 Å². The molecule has 1 aliphatic rings. The Morgan fingerprint density at radius 2 is 1.72 bits per heavy atom. The fourth-order valence-corrected chi connectivity index (χ4v) is 3.59. The minimum Gasteiger partial charge on any atom is -0.444 e. The molecule has 0 aromatic carbocycles. The van der Waals surface area contributed by atoms with Crippen molar-refractivity contribution >= 4 is 17.1 Å². The number of ether oxygens (including phenoxy) is 1. The molecule has 0 radical (unpaired) electrons. The van der Waals surface area contributed by atoms with E-state index in [4.69, 9.17) is 4.74 Å². The van der Waals surface area contributed by atoms with E-state index in [9.17, 15) is 17.8 Å². The highest BCUT2D eigenvalue weighted by atomic mass is 32.2. The summed E-state index contributed by atoms with van der Waals surface area (Å²) in [4.78, 5) is 13.7. The van der Waals surface area contributed by atoms with Crippen LogP contribution in [0.25, 0.3) is 0 Å². The van der Waals surface area contributed by atoms with Crippen molar-refractivity contribution in [3.63, 3.8) is 0 Å². The summed E-state index contributed by atoms with van der Waals surface area (Å²) in [6.07, 6.45) is 0.153. The monoisotopic (exact) mass is 382 g/mol. The highest BCUT2D eigenvalue weighted by molar-refractivity contribution is 7.84.